The Morgan fingerprint density at radius 2 is 2.36 bits per heavy atom. The van der Waals surface area contributed by atoms with E-state index in [0.29, 0.717) is 11.3 Å². The van der Waals surface area contributed by atoms with Crippen molar-refractivity contribution in [3.63, 3.8) is 0 Å². The first kappa shape index (κ1) is 10.5. The molecule has 0 saturated carbocycles. The van der Waals surface area contributed by atoms with Crippen LogP contribution in [0, 0.1) is 0 Å². The number of ether oxygens (including phenoxy) is 1. The second-order valence-corrected chi connectivity index (χ2v) is 2.71. The van der Waals surface area contributed by atoms with E-state index in [4.69, 9.17) is 15.7 Å². The number of hydrogen-bond donors (Lipinski definition) is 3. The van der Waals surface area contributed by atoms with Crippen molar-refractivity contribution >= 4 is 5.97 Å². The summed E-state index contributed by atoms with van der Waals surface area (Å²) >= 11 is 0. The maximum atomic E-state index is 10.7. The Bertz CT molecular complexity index is 328. The van der Waals surface area contributed by atoms with Gasteiger partial charge in [0.1, 0.15) is 11.8 Å². The number of rotatable bonds is 4. The predicted octanol–water partition coefficient (Wildman–Crippen LogP) is 0.284. The molecule has 1 rings (SSSR count). The van der Waals surface area contributed by atoms with Crippen LogP contribution < -0.4 is 16.0 Å². The number of carboxylic acids is 1. The molecule has 0 aliphatic heterocycles. The van der Waals surface area contributed by atoms with Gasteiger partial charge in [-0.2, -0.15) is 0 Å². The smallest absolute Gasteiger partial charge is 0.326 e. The van der Waals surface area contributed by atoms with Crippen molar-refractivity contribution in [2.45, 2.75) is 6.04 Å². The topological polar surface area (TPSA) is 84.6 Å². The van der Waals surface area contributed by atoms with Crippen LogP contribution in [0.3, 0.4) is 0 Å². The SMILES string of the molecule is COc1cccc(C(NN)C(=O)O)c1. The number of hydrazine groups is 1. The molecule has 0 saturated heterocycles. The fraction of sp³-hybridized carbons (Fsp3) is 0.222. The molecule has 1 aromatic carbocycles. The molecule has 0 aliphatic carbocycles. The minimum atomic E-state index is -1.03. The zero-order valence-electron chi connectivity index (χ0n) is 7.73. The van der Waals surface area contributed by atoms with Gasteiger partial charge in [0.15, 0.2) is 0 Å². The highest BCUT2D eigenvalue weighted by Crippen LogP contribution is 2.18. The maximum Gasteiger partial charge on any atom is 0.326 e. The number of aliphatic carboxylic acids is 1. The lowest BCUT2D eigenvalue weighted by Gasteiger charge is -2.11. The molecule has 0 spiro atoms. The van der Waals surface area contributed by atoms with Crippen LogP contribution in [0.1, 0.15) is 11.6 Å². The molecular formula is C9H12N2O3. The average molecular weight is 196 g/mol. The largest absolute Gasteiger partial charge is 0.497 e. The molecule has 5 nitrogen and oxygen atoms in total. The molecule has 0 amide bonds. The van der Waals surface area contributed by atoms with Gasteiger partial charge in [-0.3, -0.25) is 10.6 Å². The molecule has 5 heteroatoms. The Hall–Kier alpha value is -1.59. The third-order valence-electron chi connectivity index (χ3n) is 1.84. The lowest BCUT2D eigenvalue weighted by molar-refractivity contribution is -0.139. The molecular weight excluding hydrogens is 184 g/mol. The molecule has 0 fully saturated rings. The van der Waals surface area contributed by atoms with Gasteiger partial charge in [0.05, 0.1) is 7.11 Å². The Labute approximate surface area is 81.5 Å². The maximum absolute atomic E-state index is 10.7. The molecule has 0 aromatic heterocycles. The molecule has 14 heavy (non-hydrogen) atoms. The molecule has 0 aliphatic rings. The Kier molecular flexibility index (Phi) is 3.44. The first-order valence-electron chi connectivity index (χ1n) is 4.02. The molecule has 0 radical (unpaired) electrons. The molecule has 0 heterocycles. The van der Waals surface area contributed by atoms with Crippen LogP contribution in [0.2, 0.25) is 0 Å². The summed E-state index contributed by atoms with van der Waals surface area (Å²) in [5, 5.41) is 8.81. The highest BCUT2D eigenvalue weighted by molar-refractivity contribution is 5.75. The lowest BCUT2D eigenvalue weighted by Crippen LogP contribution is -2.33. The normalized spacial score (nSPS) is 12.1. The standard InChI is InChI=1S/C9H12N2O3/c1-14-7-4-2-3-6(5-7)8(11-10)9(12)13/h2-5,8,11H,10H2,1H3,(H,12,13). The van der Waals surface area contributed by atoms with Gasteiger partial charge in [-0.05, 0) is 17.7 Å². The van der Waals surface area contributed by atoms with E-state index in [1.165, 1.54) is 7.11 Å². The fourth-order valence-electron chi connectivity index (χ4n) is 1.13. The zero-order valence-corrected chi connectivity index (χ0v) is 7.73. The van der Waals surface area contributed by atoms with Crippen molar-refractivity contribution in [2.75, 3.05) is 7.11 Å². The number of nitrogens with two attached hydrogens (primary N) is 1. The highest BCUT2D eigenvalue weighted by Gasteiger charge is 2.17. The number of methoxy groups -OCH3 is 1. The third-order valence-corrected chi connectivity index (χ3v) is 1.84. The highest BCUT2D eigenvalue weighted by atomic mass is 16.5. The van der Waals surface area contributed by atoms with Crippen LogP contribution in [0.25, 0.3) is 0 Å². The predicted molar refractivity (Wildman–Crippen MR) is 50.7 cm³/mol. The van der Waals surface area contributed by atoms with Gasteiger partial charge in [0.2, 0.25) is 0 Å². The summed E-state index contributed by atoms with van der Waals surface area (Å²) < 4.78 is 4.97. The summed E-state index contributed by atoms with van der Waals surface area (Å²) in [7, 11) is 1.52. The number of carbonyl (C=O) groups is 1. The van der Waals surface area contributed by atoms with Crippen LogP contribution in [0.5, 0.6) is 5.75 Å². The van der Waals surface area contributed by atoms with Crippen LogP contribution in [0.15, 0.2) is 24.3 Å². The number of carboxylic acid groups (broad SMARTS) is 1. The monoisotopic (exact) mass is 196 g/mol. The summed E-state index contributed by atoms with van der Waals surface area (Å²) in [6, 6.07) is 5.82. The molecule has 1 unspecified atom stereocenters. The van der Waals surface area contributed by atoms with E-state index in [2.05, 4.69) is 5.43 Å². The van der Waals surface area contributed by atoms with Crippen molar-refractivity contribution in [1.82, 2.24) is 5.43 Å². The summed E-state index contributed by atoms with van der Waals surface area (Å²) in [6.45, 7) is 0. The Morgan fingerprint density at radius 3 is 2.86 bits per heavy atom. The summed E-state index contributed by atoms with van der Waals surface area (Å²) in [5.41, 5.74) is 2.77. The molecule has 0 bridgehead atoms. The second-order valence-electron chi connectivity index (χ2n) is 2.71. The van der Waals surface area contributed by atoms with Crippen molar-refractivity contribution in [1.29, 1.82) is 0 Å². The van der Waals surface area contributed by atoms with Crippen molar-refractivity contribution in [2.24, 2.45) is 5.84 Å². The first-order chi connectivity index (χ1) is 6.69. The minimum absolute atomic E-state index is 0.555. The number of nitrogens with one attached hydrogen (secondary N) is 1. The third kappa shape index (κ3) is 2.21. The van der Waals surface area contributed by atoms with E-state index < -0.39 is 12.0 Å². The summed E-state index contributed by atoms with van der Waals surface area (Å²) in [4.78, 5) is 10.7. The van der Waals surface area contributed by atoms with Crippen molar-refractivity contribution in [3.05, 3.63) is 29.8 Å². The molecule has 4 N–H and O–H groups in total. The van der Waals surface area contributed by atoms with Crippen LogP contribution in [0.4, 0.5) is 0 Å². The summed E-state index contributed by atoms with van der Waals surface area (Å²) in [6.07, 6.45) is 0. The quantitative estimate of drug-likeness (QED) is 0.476. The first-order valence-corrected chi connectivity index (χ1v) is 4.02. The molecule has 1 aromatic rings. The zero-order chi connectivity index (χ0) is 10.6. The van der Waals surface area contributed by atoms with Gasteiger partial charge in [-0.15, -0.1) is 0 Å². The van der Waals surface area contributed by atoms with Gasteiger partial charge in [-0.1, -0.05) is 12.1 Å². The van der Waals surface area contributed by atoms with Gasteiger partial charge >= 0.3 is 5.97 Å². The van der Waals surface area contributed by atoms with E-state index >= 15 is 0 Å². The van der Waals surface area contributed by atoms with E-state index in [1.807, 2.05) is 0 Å². The van der Waals surface area contributed by atoms with Gasteiger partial charge in [-0.25, -0.2) is 5.43 Å². The average Bonchev–Trinajstić information content (AvgIpc) is 2.19. The minimum Gasteiger partial charge on any atom is -0.497 e. The van der Waals surface area contributed by atoms with Crippen LogP contribution >= 0.6 is 0 Å². The molecule has 76 valence electrons. The van der Waals surface area contributed by atoms with E-state index in [1.54, 1.807) is 24.3 Å². The summed E-state index contributed by atoms with van der Waals surface area (Å²) in [5.74, 6) is 4.70. The van der Waals surface area contributed by atoms with Crippen LogP contribution in [-0.2, 0) is 4.79 Å². The van der Waals surface area contributed by atoms with Gasteiger partial charge < -0.3 is 9.84 Å². The van der Waals surface area contributed by atoms with Crippen molar-refractivity contribution in [3.8, 4) is 5.75 Å². The van der Waals surface area contributed by atoms with E-state index in [-0.39, 0.29) is 0 Å². The number of hydrogen-bond acceptors (Lipinski definition) is 4. The van der Waals surface area contributed by atoms with Crippen molar-refractivity contribution < 1.29 is 14.6 Å². The van der Waals surface area contributed by atoms with Crippen LogP contribution in [-0.4, -0.2) is 18.2 Å². The fourth-order valence-corrected chi connectivity index (χ4v) is 1.13. The lowest BCUT2D eigenvalue weighted by atomic mass is 10.1. The molecule has 1 atom stereocenters. The van der Waals surface area contributed by atoms with Gasteiger partial charge in [0.25, 0.3) is 0 Å². The van der Waals surface area contributed by atoms with E-state index in [0.717, 1.165) is 0 Å². The number of benzene rings is 1. The second kappa shape index (κ2) is 4.59. The van der Waals surface area contributed by atoms with Gasteiger partial charge in [0, 0.05) is 0 Å². The Morgan fingerprint density at radius 1 is 1.64 bits per heavy atom. The Balaban J connectivity index is 2.98. The van der Waals surface area contributed by atoms with E-state index in [9.17, 15) is 4.79 Å².